The molecule has 34 heavy (non-hydrogen) atoms. The maximum Gasteiger partial charge on any atom is 0.256 e. The molecule has 7 heteroatoms. The molecule has 0 bridgehead atoms. The number of nitrogens with zero attached hydrogens (tertiary/aromatic N) is 2. The number of carbonyl (C=O) groups is 1. The lowest BCUT2D eigenvalue weighted by atomic mass is 9.87. The largest absolute Gasteiger partial charge is 0.338 e. The van der Waals surface area contributed by atoms with E-state index in [1.807, 2.05) is 17.5 Å². The minimum atomic E-state index is -0.816. The molecule has 0 N–H and O–H groups in total. The van der Waals surface area contributed by atoms with Gasteiger partial charge >= 0.3 is 0 Å². The number of amides is 1. The second-order valence-corrected chi connectivity index (χ2v) is 10.2. The summed E-state index contributed by atoms with van der Waals surface area (Å²) in [5.41, 5.74) is 2.33. The molecule has 1 aromatic heterocycles. The van der Waals surface area contributed by atoms with Gasteiger partial charge in [-0.15, -0.1) is 0 Å². The molecule has 2 unspecified atom stereocenters. The quantitative estimate of drug-likeness (QED) is 0.450. The van der Waals surface area contributed by atoms with Crippen molar-refractivity contribution >= 4 is 17.2 Å². The summed E-state index contributed by atoms with van der Waals surface area (Å²) in [7, 11) is 0. The van der Waals surface area contributed by atoms with E-state index in [-0.39, 0.29) is 29.1 Å². The van der Waals surface area contributed by atoms with E-state index in [1.165, 1.54) is 29.3 Å². The van der Waals surface area contributed by atoms with Crippen LogP contribution in [0.4, 0.5) is 13.2 Å². The highest BCUT2D eigenvalue weighted by molar-refractivity contribution is 7.08. The lowest BCUT2D eigenvalue weighted by Crippen LogP contribution is -2.38. The van der Waals surface area contributed by atoms with Crippen molar-refractivity contribution in [2.45, 2.75) is 24.7 Å². The molecule has 2 aliphatic rings. The fourth-order valence-electron chi connectivity index (χ4n) is 5.43. The van der Waals surface area contributed by atoms with Crippen LogP contribution in [-0.4, -0.2) is 48.4 Å². The monoisotopic (exact) mass is 484 g/mol. The topological polar surface area (TPSA) is 23.6 Å². The normalized spacial score (nSPS) is 21.8. The highest BCUT2D eigenvalue weighted by Gasteiger charge is 2.38. The summed E-state index contributed by atoms with van der Waals surface area (Å²) in [5, 5.41) is 4.18. The van der Waals surface area contributed by atoms with E-state index in [0.717, 1.165) is 44.6 Å². The zero-order chi connectivity index (χ0) is 23.7. The number of halogens is 3. The third kappa shape index (κ3) is 4.91. The van der Waals surface area contributed by atoms with Crippen LogP contribution in [0.5, 0.6) is 0 Å². The van der Waals surface area contributed by atoms with Gasteiger partial charge in [0, 0.05) is 31.6 Å². The summed E-state index contributed by atoms with van der Waals surface area (Å²) in [5.74, 6) is -1.22. The van der Waals surface area contributed by atoms with Gasteiger partial charge in [0.05, 0.1) is 5.56 Å². The Morgan fingerprint density at radius 1 is 0.912 bits per heavy atom. The van der Waals surface area contributed by atoms with E-state index in [9.17, 15) is 18.0 Å². The number of carbonyl (C=O) groups excluding carboxylic acids is 1. The first kappa shape index (κ1) is 23.1. The molecule has 2 atom stereocenters. The van der Waals surface area contributed by atoms with Gasteiger partial charge in [0.25, 0.3) is 5.91 Å². The molecule has 0 saturated carbocycles. The van der Waals surface area contributed by atoms with Gasteiger partial charge in [-0.05, 0) is 90.0 Å². The Labute approximate surface area is 201 Å². The number of hydrogen-bond donors (Lipinski definition) is 0. The minimum absolute atomic E-state index is 0.0776. The van der Waals surface area contributed by atoms with Gasteiger partial charge in [0.15, 0.2) is 0 Å². The first-order valence-electron chi connectivity index (χ1n) is 11.7. The molecule has 0 spiro atoms. The van der Waals surface area contributed by atoms with Crippen molar-refractivity contribution in [3.05, 3.63) is 93.4 Å². The smallest absolute Gasteiger partial charge is 0.256 e. The average Bonchev–Trinajstić information content (AvgIpc) is 3.50. The Bertz CT molecular complexity index is 1130. The lowest BCUT2D eigenvalue weighted by Gasteiger charge is -2.34. The van der Waals surface area contributed by atoms with Crippen molar-refractivity contribution < 1.29 is 18.0 Å². The van der Waals surface area contributed by atoms with Crippen molar-refractivity contribution in [3.8, 4) is 0 Å². The molecule has 2 fully saturated rings. The number of likely N-dealkylation sites (tertiary alicyclic amines) is 2. The van der Waals surface area contributed by atoms with Crippen LogP contribution in [0.25, 0.3) is 0 Å². The van der Waals surface area contributed by atoms with Crippen molar-refractivity contribution in [1.82, 2.24) is 9.80 Å². The fourth-order valence-corrected chi connectivity index (χ4v) is 6.16. The van der Waals surface area contributed by atoms with Crippen molar-refractivity contribution in [1.29, 1.82) is 0 Å². The standard InChI is InChI=1S/C27H27F3N2OS/c28-22-3-1-18(2-4-22)19-7-10-31(11-8-19)14-21-15-32(16-25(21)20-9-12-34-17-20)27(33)24-6-5-23(29)13-26(24)30/h1-6,9,12-13,17,19,21,25H,7-8,10-11,14-16H2. The fraction of sp³-hybridized carbons (Fsp3) is 0.370. The molecule has 1 amide bonds. The minimum Gasteiger partial charge on any atom is -0.338 e. The van der Waals surface area contributed by atoms with E-state index < -0.39 is 11.6 Å². The van der Waals surface area contributed by atoms with Gasteiger partial charge in [-0.2, -0.15) is 11.3 Å². The molecule has 0 aliphatic carbocycles. The first-order valence-corrected chi connectivity index (χ1v) is 12.7. The Kier molecular flexibility index (Phi) is 6.75. The van der Waals surface area contributed by atoms with Crippen LogP contribution >= 0.6 is 11.3 Å². The summed E-state index contributed by atoms with van der Waals surface area (Å²) in [4.78, 5) is 17.3. The lowest BCUT2D eigenvalue weighted by molar-refractivity contribution is 0.0776. The van der Waals surface area contributed by atoms with Crippen LogP contribution in [-0.2, 0) is 0 Å². The number of benzene rings is 2. The van der Waals surface area contributed by atoms with E-state index >= 15 is 0 Å². The molecule has 2 aliphatic heterocycles. The van der Waals surface area contributed by atoms with Gasteiger partial charge in [-0.25, -0.2) is 13.2 Å². The zero-order valence-electron chi connectivity index (χ0n) is 18.8. The molecule has 0 radical (unpaired) electrons. The van der Waals surface area contributed by atoms with E-state index in [0.29, 0.717) is 19.0 Å². The molecule has 3 aromatic rings. The predicted octanol–water partition coefficient (Wildman–Crippen LogP) is 5.90. The molecule has 178 valence electrons. The third-order valence-corrected chi connectivity index (χ3v) is 7.98. The van der Waals surface area contributed by atoms with E-state index in [1.54, 1.807) is 16.2 Å². The molecular formula is C27H27F3N2OS. The molecular weight excluding hydrogens is 457 g/mol. The van der Waals surface area contributed by atoms with Gasteiger partial charge < -0.3 is 9.80 Å². The average molecular weight is 485 g/mol. The molecule has 2 aromatic carbocycles. The molecule has 2 saturated heterocycles. The van der Waals surface area contributed by atoms with Gasteiger partial charge in [0.2, 0.25) is 0 Å². The highest BCUT2D eigenvalue weighted by Crippen LogP contribution is 2.37. The van der Waals surface area contributed by atoms with Gasteiger partial charge in [0.1, 0.15) is 17.5 Å². The van der Waals surface area contributed by atoms with Crippen LogP contribution in [0.15, 0.2) is 59.3 Å². The maximum absolute atomic E-state index is 14.3. The summed E-state index contributed by atoms with van der Waals surface area (Å²) in [6, 6.07) is 12.1. The Hall–Kier alpha value is -2.64. The Morgan fingerprint density at radius 2 is 1.65 bits per heavy atom. The zero-order valence-corrected chi connectivity index (χ0v) is 19.6. The second kappa shape index (κ2) is 9.92. The Balaban J connectivity index is 1.26. The van der Waals surface area contributed by atoms with Crippen molar-refractivity contribution in [3.63, 3.8) is 0 Å². The van der Waals surface area contributed by atoms with Crippen LogP contribution in [0, 0.1) is 23.4 Å². The van der Waals surface area contributed by atoms with E-state index in [4.69, 9.17) is 0 Å². The van der Waals surface area contributed by atoms with Gasteiger partial charge in [-0.3, -0.25) is 4.79 Å². The second-order valence-electron chi connectivity index (χ2n) is 9.38. The maximum atomic E-state index is 14.3. The summed E-state index contributed by atoms with van der Waals surface area (Å²) in [6.07, 6.45) is 2.04. The van der Waals surface area contributed by atoms with Crippen molar-refractivity contribution in [2.75, 3.05) is 32.7 Å². The highest BCUT2D eigenvalue weighted by atomic mass is 32.1. The molecule has 3 heterocycles. The summed E-state index contributed by atoms with van der Waals surface area (Å²) in [6.45, 7) is 3.86. The summed E-state index contributed by atoms with van der Waals surface area (Å²) < 4.78 is 40.9. The first-order chi connectivity index (χ1) is 16.5. The van der Waals surface area contributed by atoms with Crippen LogP contribution < -0.4 is 0 Å². The number of thiophene rings is 1. The Morgan fingerprint density at radius 3 is 2.32 bits per heavy atom. The number of rotatable bonds is 5. The van der Waals surface area contributed by atoms with Gasteiger partial charge in [-0.1, -0.05) is 12.1 Å². The molecule has 5 rings (SSSR count). The van der Waals surface area contributed by atoms with Crippen molar-refractivity contribution in [2.24, 2.45) is 5.92 Å². The van der Waals surface area contributed by atoms with Crippen LogP contribution in [0.3, 0.4) is 0 Å². The SMILES string of the molecule is O=C(c1ccc(F)cc1F)N1CC(CN2CCC(c3ccc(F)cc3)CC2)C(c2ccsc2)C1. The number of piperidine rings is 1. The third-order valence-electron chi connectivity index (χ3n) is 7.28. The van der Waals surface area contributed by atoms with Crippen LogP contribution in [0.2, 0.25) is 0 Å². The van der Waals surface area contributed by atoms with Crippen LogP contribution in [0.1, 0.15) is 46.2 Å². The summed E-state index contributed by atoms with van der Waals surface area (Å²) >= 11 is 1.64. The van der Waals surface area contributed by atoms with E-state index in [2.05, 4.69) is 16.3 Å². The number of hydrogen-bond acceptors (Lipinski definition) is 3. The predicted molar refractivity (Wildman–Crippen MR) is 128 cm³/mol. The molecule has 3 nitrogen and oxygen atoms in total.